The highest BCUT2D eigenvalue weighted by Gasteiger charge is 2.42. The van der Waals surface area contributed by atoms with Crippen molar-refractivity contribution < 1.29 is 4.39 Å². The quantitative estimate of drug-likeness (QED) is 0.856. The van der Waals surface area contributed by atoms with E-state index in [0.717, 1.165) is 18.5 Å². The fourth-order valence-corrected chi connectivity index (χ4v) is 3.64. The Morgan fingerprint density at radius 3 is 2.74 bits per heavy atom. The first-order valence-electron chi connectivity index (χ1n) is 7.14. The Morgan fingerprint density at radius 2 is 2.21 bits per heavy atom. The van der Waals surface area contributed by atoms with E-state index < -0.39 is 0 Å². The lowest BCUT2D eigenvalue weighted by Gasteiger charge is -2.36. The van der Waals surface area contributed by atoms with E-state index in [2.05, 4.69) is 26.1 Å². The van der Waals surface area contributed by atoms with E-state index in [1.165, 1.54) is 25.0 Å². The second kappa shape index (κ2) is 5.80. The summed E-state index contributed by atoms with van der Waals surface area (Å²) in [5.74, 6) is 0.313. The highest BCUT2D eigenvalue weighted by atomic mass is 35.5. The lowest BCUT2D eigenvalue weighted by Crippen LogP contribution is -2.42. The largest absolute Gasteiger partial charge is 0.314 e. The Kier molecular flexibility index (Phi) is 4.52. The minimum atomic E-state index is -0.258. The van der Waals surface area contributed by atoms with Crippen LogP contribution >= 0.6 is 11.6 Å². The molecular weight excluding hydrogens is 261 g/mol. The van der Waals surface area contributed by atoms with Crippen LogP contribution in [0.15, 0.2) is 18.2 Å². The van der Waals surface area contributed by atoms with E-state index >= 15 is 0 Å². The third-order valence-electron chi connectivity index (χ3n) is 4.50. The first kappa shape index (κ1) is 14.8. The zero-order chi connectivity index (χ0) is 14.0. The molecule has 1 aliphatic carbocycles. The third kappa shape index (κ3) is 2.95. The van der Waals surface area contributed by atoms with E-state index in [1.807, 2.05) is 6.07 Å². The van der Waals surface area contributed by atoms with Crippen molar-refractivity contribution in [3.8, 4) is 0 Å². The number of hydrogen-bond acceptors (Lipinski definition) is 1. The molecule has 0 aliphatic heterocycles. The average molecular weight is 284 g/mol. The van der Waals surface area contributed by atoms with Crippen molar-refractivity contribution in [2.45, 2.75) is 51.5 Å². The summed E-state index contributed by atoms with van der Waals surface area (Å²) in [6.45, 7) is 7.51. The van der Waals surface area contributed by atoms with Crippen molar-refractivity contribution in [3.63, 3.8) is 0 Å². The lowest BCUT2D eigenvalue weighted by molar-refractivity contribution is 0.308. The Morgan fingerprint density at radius 1 is 1.47 bits per heavy atom. The maximum atomic E-state index is 13.3. The molecule has 0 spiro atoms. The number of rotatable bonds is 4. The number of nitrogens with one attached hydrogen (secondary N) is 1. The average Bonchev–Trinajstić information content (AvgIpc) is 2.69. The van der Waals surface area contributed by atoms with Crippen LogP contribution in [0.25, 0.3) is 0 Å². The van der Waals surface area contributed by atoms with Crippen LogP contribution in [-0.4, -0.2) is 12.6 Å². The van der Waals surface area contributed by atoms with Crippen LogP contribution in [0, 0.1) is 11.7 Å². The maximum Gasteiger partial charge on any atom is 0.124 e. The van der Waals surface area contributed by atoms with Crippen LogP contribution in [0.3, 0.4) is 0 Å². The molecule has 1 nitrogen and oxygen atoms in total. The summed E-state index contributed by atoms with van der Waals surface area (Å²) < 4.78 is 13.3. The zero-order valence-electron chi connectivity index (χ0n) is 12.0. The first-order valence-corrected chi connectivity index (χ1v) is 7.52. The molecule has 0 bridgehead atoms. The standard InChI is InChI=1S/C16H23ClFN/c1-11(2)19-10-16(8-4-5-12(16)3)14-7-6-13(18)9-15(14)17/h6-7,9,11-12,19H,4-5,8,10H2,1-3H3. The zero-order valence-corrected chi connectivity index (χ0v) is 12.7. The Balaban J connectivity index is 2.37. The second-order valence-corrected chi connectivity index (χ2v) is 6.52. The molecule has 1 fully saturated rings. The van der Waals surface area contributed by atoms with Crippen molar-refractivity contribution in [3.05, 3.63) is 34.6 Å². The van der Waals surface area contributed by atoms with Crippen LogP contribution in [-0.2, 0) is 5.41 Å². The Hall–Kier alpha value is -0.600. The molecule has 1 N–H and O–H groups in total. The topological polar surface area (TPSA) is 12.0 Å². The van der Waals surface area contributed by atoms with E-state index in [4.69, 9.17) is 11.6 Å². The van der Waals surface area contributed by atoms with Crippen molar-refractivity contribution >= 4 is 11.6 Å². The fraction of sp³-hybridized carbons (Fsp3) is 0.625. The van der Waals surface area contributed by atoms with Gasteiger partial charge in [-0.1, -0.05) is 44.9 Å². The summed E-state index contributed by atoms with van der Waals surface area (Å²) >= 11 is 6.31. The van der Waals surface area contributed by atoms with Gasteiger partial charge in [0.15, 0.2) is 0 Å². The monoisotopic (exact) mass is 283 g/mol. The Bertz CT molecular complexity index is 446. The molecule has 0 amide bonds. The summed E-state index contributed by atoms with van der Waals surface area (Å²) in [5, 5.41) is 4.12. The predicted molar refractivity (Wildman–Crippen MR) is 79.2 cm³/mol. The molecule has 2 unspecified atom stereocenters. The van der Waals surface area contributed by atoms with Crippen LogP contribution in [0.5, 0.6) is 0 Å². The van der Waals surface area contributed by atoms with Crippen LogP contribution in [0.2, 0.25) is 5.02 Å². The van der Waals surface area contributed by atoms with Gasteiger partial charge in [-0.2, -0.15) is 0 Å². The van der Waals surface area contributed by atoms with Crippen molar-refractivity contribution in [2.24, 2.45) is 5.92 Å². The summed E-state index contributed by atoms with van der Waals surface area (Å²) in [7, 11) is 0. The van der Waals surface area contributed by atoms with Crippen LogP contribution in [0.1, 0.15) is 45.6 Å². The van der Waals surface area contributed by atoms with E-state index in [-0.39, 0.29) is 11.2 Å². The molecule has 0 heterocycles. The molecule has 1 saturated carbocycles. The summed E-state index contributed by atoms with van der Waals surface area (Å²) in [5.41, 5.74) is 1.16. The van der Waals surface area contributed by atoms with Gasteiger partial charge in [0.05, 0.1) is 0 Å². The van der Waals surface area contributed by atoms with Gasteiger partial charge < -0.3 is 5.32 Å². The minimum absolute atomic E-state index is 0.0506. The molecule has 1 aliphatic rings. The molecule has 2 rings (SSSR count). The molecular formula is C16H23ClFN. The SMILES string of the molecule is CC(C)NCC1(c2ccc(F)cc2Cl)CCCC1C. The molecule has 106 valence electrons. The van der Waals surface area contributed by atoms with E-state index in [1.54, 1.807) is 0 Å². The molecule has 0 saturated heterocycles. The predicted octanol–water partition coefficient (Wildman–Crippen LogP) is 4.53. The molecule has 0 aromatic heterocycles. The van der Waals surface area contributed by atoms with Crippen LogP contribution in [0.4, 0.5) is 4.39 Å². The van der Waals surface area contributed by atoms with Gasteiger partial charge in [0.25, 0.3) is 0 Å². The molecule has 1 aromatic rings. The van der Waals surface area contributed by atoms with Gasteiger partial charge in [0, 0.05) is 23.0 Å². The van der Waals surface area contributed by atoms with Gasteiger partial charge >= 0.3 is 0 Å². The van der Waals surface area contributed by atoms with Crippen LogP contribution < -0.4 is 5.32 Å². The van der Waals surface area contributed by atoms with E-state index in [0.29, 0.717) is 17.0 Å². The molecule has 1 aromatic carbocycles. The highest BCUT2D eigenvalue weighted by molar-refractivity contribution is 6.31. The van der Waals surface area contributed by atoms with Crippen molar-refractivity contribution in [1.82, 2.24) is 5.32 Å². The van der Waals surface area contributed by atoms with Gasteiger partial charge in [0.2, 0.25) is 0 Å². The molecule has 0 radical (unpaired) electrons. The lowest BCUT2D eigenvalue weighted by atomic mass is 9.72. The normalized spacial score (nSPS) is 27.2. The van der Waals surface area contributed by atoms with Gasteiger partial charge in [-0.3, -0.25) is 0 Å². The maximum absolute atomic E-state index is 13.3. The highest BCUT2D eigenvalue weighted by Crippen LogP contribution is 2.47. The first-order chi connectivity index (χ1) is 8.95. The number of benzene rings is 1. The smallest absolute Gasteiger partial charge is 0.124 e. The van der Waals surface area contributed by atoms with Gasteiger partial charge in [0.1, 0.15) is 5.82 Å². The van der Waals surface area contributed by atoms with Crippen molar-refractivity contribution in [1.29, 1.82) is 0 Å². The van der Waals surface area contributed by atoms with Gasteiger partial charge in [-0.05, 0) is 36.5 Å². The Labute approximate surface area is 120 Å². The second-order valence-electron chi connectivity index (χ2n) is 6.11. The van der Waals surface area contributed by atoms with Crippen molar-refractivity contribution in [2.75, 3.05) is 6.54 Å². The molecule has 19 heavy (non-hydrogen) atoms. The van der Waals surface area contributed by atoms with Gasteiger partial charge in [-0.15, -0.1) is 0 Å². The number of halogens is 2. The van der Waals surface area contributed by atoms with E-state index in [9.17, 15) is 4.39 Å². The summed E-state index contributed by atoms with van der Waals surface area (Å²) in [6, 6.07) is 5.30. The fourth-order valence-electron chi connectivity index (χ4n) is 3.28. The number of hydrogen-bond donors (Lipinski definition) is 1. The molecule has 3 heteroatoms. The minimum Gasteiger partial charge on any atom is -0.314 e. The summed E-state index contributed by atoms with van der Waals surface area (Å²) in [4.78, 5) is 0. The summed E-state index contributed by atoms with van der Waals surface area (Å²) in [6.07, 6.45) is 3.56. The molecule has 2 atom stereocenters. The van der Waals surface area contributed by atoms with Gasteiger partial charge in [-0.25, -0.2) is 4.39 Å². The third-order valence-corrected chi connectivity index (χ3v) is 4.81.